The van der Waals surface area contributed by atoms with E-state index < -0.39 is 0 Å². The van der Waals surface area contributed by atoms with Gasteiger partial charge in [-0.1, -0.05) is 0 Å². The lowest BCUT2D eigenvalue weighted by Gasteiger charge is -2.43. The summed E-state index contributed by atoms with van der Waals surface area (Å²) < 4.78 is 5.32. The van der Waals surface area contributed by atoms with Crippen molar-refractivity contribution in [2.45, 2.75) is 37.8 Å². The third-order valence-electron chi connectivity index (χ3n) is 4.24. The van der Waals surface area contributed by atoms with Crippen LogP contribution in [0.4, 0.5) is 0 Å². The highest BCUT2D eigenvalue weighted by molar-refractivity contribution is 4.97. The predicted octanol–water partition coefficient (Wildman–Crippen LogP) is 1.51. The van der Waals surface area contributed by atoms with Crippen LogP contribution < -0.4 is 0 Å². The van der Waals surface area contributed by atoms with E-state index in [9.17, 15) is 0 Å². The lowest BCUT2D eigenvalue weighted by atomic mass is 9.87. The largest absolute Gasteiger partial charge is 0.381 e. The highest BCUT2D eigenvalue weighted by Crippen LogP contribution is 2.46. The number of fused-ring (bicyclic) bond motifs is 1. The Balaban J connectivity index is 1.50. The zero-order chi connectivity index (χ0) is 8.84. The summed E-state index contributed by atoms with van der Waals surface area (Å²) in [5.41, 5.74) is 0. The van der Waals surface area contributed by atoms with Gasteiger partial charge in [0.05, 0.1) is 6.10 Å². The molecule has 74 valence electrons. The van der Waals surface area contributed by atoms with Crippen molar-refractivity contribution in [2.75, 3.05) is 20.2 Å². The van der Waals surface area contributed by atoms with Crippen LogP contribution in [0.3, 0.4) is 0 Å². The summed E-state index contributed by atoms with van der Waals surface area (Å²) in [4.78, 5) is 2.71. The van der Waals surface area contributed by atoms with Crippen LogP contribution in [0.5, 0.6) is 0 Å². The molecule has 1 heterocycles. The Hall–Kier alpha value is -0.0800. The highest BCUT2D eigenvalue weighted by Gasteiger charge is 2.45. The maximum atomic E-state index is 5.32. The number of likely N-dealkylation sites (tertiary alicyclic amines) is 1. The molecule has 0 amide bonds. The Morgan fingerprint density at radius 1 is 1.15 bits per heavy atom. The molecule has 2 atom stereocenters. The second-order valence-electron chi connectivity index (χ2n) is 5.02. The molecule has 13 heavy (non-hydrogen) atoms. The Morgan fingerprint density at radius 3 is 2.69 bits per heavy atom. The number of rotatable bonds is 2. The molecule has 1 aliphatic heterocycles. The average Bonchev–Trinajstić information content (AvgIpc) is 2.80. The zero-order valence-electron chi connectivity index (χ0n) is 8.41. The Labute approximate surface area is 80.2 Å². The van der Waals surface area contributed by atoms with Crippen molar-refractivity contribution < 1.29 is 4.74 Å². The lowest BCUT2D eigenvalue weighted by Crippen LogP contribution is -2.50. The predicted molar refractivity (Wildman–Crippen MR) is 51.6 cm³/mol. The summed E-state index contributed by atoms with van der Waals surface area (Å²) in [7, 11) is 1.84. The van der Waals surface area contributed by atoms with E-state index in [0.29, 0.717) is 6.10 Å². The molecule has 1 saturated heterocycles. The number of methoxy groups -OCH3 is 1. The van der Waals surface area contributed by atoms with Crippen molar-refractivity contribution >= 4 is 0 Å². The van der Waals surface area contributed by atoms with Gasteiger partial charge < -0.3 is 4.74 Å². The molecule has 0 spiro atoms. The molecule has 2 heteroatoms. The molecule has 3 aliphatic rings. The van der Waals surface area contributed by atoms with Gasteiger partial charge >= 0.3 is 0 Å². The first-order valence-corrected chi connectivity index (χ1v) is 5.63. The Bertz CT molecular complexity index is 200. The fraction of sp³-hybridized carbons (Fsp3) is 1.00. The molecule has 3 fully saturated rings. The van der Waals surface area contributed by atoms with Gasteiger partial charge in [-0.05, 0) is 44.1 Å². The maximum absolute atomic E-state index is 5.32. The summed E-state index contributed by atoms with van der Waals surface area (Å²) in [6.07, 6.45) is 6.14. The van der Waals surface area contributed by atoms with Gasteiger partial charge in [0.2, 0.25) is 0 Å². The van der Waals surface area contributed by atoms with E-state index in [-0.39, 0.29) is 0 Å². The fourth-order valence-corrected chi connectivity index (χ4v) is 2.97. The molecule has 0 aromatic heterocycles. The smallest absolute Gasteiger partial charge is 0.0601 e. The zero-order valence-corrected chi connectivity index (χ0v) is 8.41. The van der Waals surface area contributed by atoms with Gasteiger partial charge in [0, 0.05) is 19.7 Å². The van der Waals surface area contributed by atoms with Crippen molar-refractivity contribution in [2.24, 2.45) is 11.8 Å². The minimum Gasteiger partial charge on any atom is -0.381 e. The van der Waals surface area contributed by atoms with E-state index in [2.05, 4.69) is 4.90 Å². The molecule has 2 nitrogen and oxygen atoms in total. The molecule has 0 bridgehead atoms. The van der Waals surface area contributed by atoms with Gasteiger partial charge in [0.25, 0.3) is 0 Å². The van der Waals surface area contributed by atoms with Crippen LogP contribution in [0, 0.1) is 11.8 Å². The van der Waals surface area contributed by atoms with Crippen LogP contribution in [0.15, 0.2) is 0 Å². The summed E-state index contributed by atoms with van der Waals surface area (Å²) in [5, 5.41) is 0. The minimum absolute atomic E-state index is 0.571. The van der Waals surface area contributed by atoms with Crippen LogP contribution in [-0.4, -0.2) is 37.2 Å². The van der Waals surface area contributed by atoms with Crippen LogP contribution in [-0.2, 0) is 4.74 Å². The van der Waals surface area contributed by atoms with Gasteiger partial charge in [-0.2, -0.15) is 0 Å². The van der Waals surface area contributed by atoms with E-state index >= 15 is 0 Å². The van der Waals surface area contributed by atoms with Crippen molar-refractivity contribution in [1.82, 2.24) is 4.90 Å². The first-order chi connectivity index (χ1) is 6.36. The first-order valence-electron chi connectivity index (χ1n) is 5.63. The van der Waals surface area contributed by atoms with E-state index in [0.717, 1.165) is 17.9 Å². The molecular weight excluding hydrogens is 162 g/mol. The number of nitrogens with zero attached hydrogens (tertiary/aromatic N) is 1. The topological polar surface area (TPSA) is 12.5 Å². The highest BCUT2D eigenvalue weighted by atomic mass is 16.5. The van der Waals surface area contributed by atoms with Gasteiger partial charge in [-0.3, -0.25) is 4.90 Å². The average molecular weight is 181 g/mol. The van der Waals surface area contributed by atoms with E-state index in [1.807, 2.05) is 7.11 Å². The number of ether oxygens (including phenoxy) is 1. The lowest BCUT2D eigenvalue weighted by molar-refractivity contribution is -0.0333. The van der Waals surface area contributed by atoms with Crippen LogP contribution in [0.2, 0.25) is 0 Å². The number of hydrogen-bond acceptors (Lipinski definition) is 2. The van der Waals surface area contributed by atoms with Gasteiger partial charge in [-0.15, -0.1) is 0 Å². The molecule has 2 saturated carbocycles. The number of piperidine rings is 1. The SMILES string of the molecule is COC1CC(N2CCC3CC3C2)C1. The molecular formula is C11H19NO. The third kappa shape index (κ3) is 1.40. The fourth-order valence-electron chi connectivity index (χ4n) is 2.97. The molecule has 0 aromatic rings. The molecule has 3 rings (SSSR count). The van der Waals surface area contributed by atoms with Gasteiger partial charge in [0.15, 0.2) is 0 Å². The summed E-state index contributed by atoms with van der Waals surface area (Å²) in [6.45, 7) is 2.76. The molecule has 0 N–H and O–H groups in total. The Morgan fingerprint density at radius 2 is 2.00 bits per heavy atom. The third-order valence-corrected chi connectivity index (χ3v) is 4.24. The maximum Gasteiger partial charge on any atom is 0.0601 e. The molecule has 0 aromatic carbocycles. The van der Waals surface area contributed by atoms with E-state index in [1.54, 1.807) is 0 Å². The standard InChI is InChI=1S/C11H19NO/c1-13-11-5-10(6-11)12-3-2-8-4-9(8)7-12/h8-11H,2-7H2,1H3. The molecule has 0 radical (unpaired) electrons. The van der Waals surface area contributed by atoms with E-state index in [4.69, 9.17) is 4.74 Å². The van der Waals surface area contributed by atoms with Gasteiger partial charge in [-0.25, -0.2) is 0 Å². The normalized spacial score (nSPS) is 49.6. The molecule has 2 aliphatic carbocycles. The van der Waals surface area contributed by atoms with Crippen LogP contribution in [0.25, 0.3) is 0 Å². The van der Waals surface area contributed by atoms with Crippen molar-refractivity contribution in [3.05, 3.63) is 0 Å². The van der Waals surface area contributed by atoms with Gasteiger partial charge in [0.1, 0.15) is 0 Å². The van der Waals surface area contributed by atoms with Crippen molar-refractivity contribution in [3.63, 3.8) is 0 Å². The first kappa shape index (κ1) is 8.25. The quantitative estimate of drug-likeness (QED) is 0.640. The summed E-state index contributed by atoms with van der Waals surface area (Å²) in [5.74, 6) is 2.20. The monoisotopic (exact) mass is 181 g/mol. The minimum atomic E-state index is 0.571. The molecule has 2 unspecified atom stereocenters. The van der Waals surface area contributed by atoms with E-state index in [1.165, 1.54) is 38.8 Å². The summed E-state index contributed by atoms with van der Waals surface area (Å²) >= 11 is 0. The number of hydrogen-bond donors (Lipinski definition) is 0. The summed E-state index contributed by atoms with van der Waals surface area (Å²) in [6, 6.07) is 0.867. The van der Waals surface area contributed by atoms with Crippen molar-refractivity contribution in [1.29, 1.82) is 0 Å². The van der Waals surface area contributed by atoms with Crippen molar-refractivity contribution in [3.8, 4) is 0 Å². The van der Waals surface area contributed by atoms with Crippen LogP contribution in [0.1, 0.15) is 25.7 Å². The second-order valence-corrected chi connectivity index (χ2v) is 5.02. The van der Waals surface area contributed by atoms with Crippen LogP contribution >= 0.6 is 0 Å². The second kappa shape index (κ2) is 2.96. The Kier molecular flexibility index (Phi) is 1.88.